The van der Waals surface area contributed by atoms with Gasteiger partial charge >= 0.3 is 0 Å². The van der Waals surface area contributed by atoms with Gasteiger partial charge in [-0.3, -0.25) is 9.48 Å². The first kappa shape index (κ1) is 14.7. The van der Waals surface area contributed by atoms with Gasteiger partial charge in [-0.05, 0) is 24.8 Å². The smallest absolute Gasteiger partial charge is 0.269 e. The summed E-state index contributed by atoms with van der Waals surface area (Å²) in [4.78, 5) is 12.0. The summed E-state index contributed by atoms with van der Waals surface area (Å²) >= 11 is 0. The zero-order valence-corrected chi connectivity index (χ0v) is 11.6. The van der Waals surface area contributed by atoms with E-state index in [2.05, 4.69) is 24.3 Å². The third kappa shape index (κ3) is 3.57. The Morgan fingerprint density at radius 1 is 1.50 bits per heavy atom. The molecule has 0 spiro atoms. The minimum Gasteiger partial charge on any atom is -0.396 e. The largest absolute Gasteiger partial charge is 0.396 e. The van der Waals surface area contributed by atoms with E-state index >= 15 is 0 Å². The van der Waals surface area contributed by atoms with Gasteiger partial charge in [0.2, 0.25) is 0 Å². The Balaban J connectivity index is 2.78. The van der Waals surface area contributed by atoms with Crippen molar-refractivity contribution in [3.05, 3.63) is 17.5 Å². The number of rotatable bonds is 6. The lowest BCUT2D eigenvalue weighted by Gasteiger charge is -2.10. The minimum absolute atomic E-state index is 0.0662. The van der Waals surface area contributed by atoms with E-state index in [1.807, 2.05) is 19.9 Å². The number of aromatic nitrogens is 2. The maximum Gasteiger partial charge on any atom is 0.269 e. The second kappa shape index (κ2) is 6.54. The highest BCUT2D eigenvalue weighted by Gasteiger charge is 2.16. The van der Waals surface area contributed by atoms with E-state index in [1.54, 1.807) is 4.68 Å². The molecular formula is C13H23N3O2. The van der Waals surface area contributed by atoms with Crippen LogP contribution in [0.15, 0.2) is 6.07 Å². The van der Waals surface area contributed by atoms with Crippen LogP contribution in [-0.4, -0.2) is 33.9 Å². The predicted molar refractivity (Wildman–Crippen MR) is 70.6 cm³/mol. The normalized spacial score (nSPS) is 12.8. The average Bonchev–Trinajstić information content (AvgIpc) is 2.79. The molecule has 0 radical (unpaired) electrons. The zero-order valence-electron chi connectivity index (χ0n) is 11.6. The van der Waals surface area contributed by atoms with Crippen LogP contribution < -0.4 is 5.32 Å². The quantitative estimate of drug-likeness (QED) is 0.805. The van der Waals surface area contributed by atoms with E-state index in [1.165, 1.54) is 0 Å². The molecular weight excluding hydrogens is 230 g/mol. The van der Waals surface area contributed by atoms with E-state index in [-0.39, 0.29) is 18.4 Å². The third-order valence-electron chi connectivity index (χ3n) is 2.85. The number of carbonyl (C=O) groups excluding carboxylic acids is 1. The molecule has 0 fully saturated rings. The van der Waals surface area contributed by atoms with Gasteiger partial charge in [-0.2, -0.15) is 5.10 Å². The maximum atomic E-state index is 12.0. The fourth-order valence-corrected chi connectivity index (χ4v) is 1.56. The number of aryl methyl sites for hydroxylation is 1. The van der Waals surface area contributed by atoms with Gasteiger partial charge in [-0.1, -0.05) is 20.8 Å². The molecule has 18 heavy (non-hydrogen) atoms. The second-order valence-electron chi connectivity index (χ2n) is 4.92. The number of aliphatic hydroxyl groups excluding tert-OH is 1. The van der Waals surface area contributed by atoms with E-state index in [0.29, 0.717) is 24.7 Å². The SMILES string of the molecule is CCn1nc(C(C)C)cc1C(=O)NCC(C)CO. The number of carbonyl (C=O) groups is 1. The Kier molecular flexibility index (Phi) is 5.34. The second-order valence-corrected chi connectivity index (χ2v) is 4.92. The molecule has 1 unspecified atom stereocenters. The molecule has 0 aliphatic heterocycles. The van der Waals surface area contributed by atoms with Gasteiger partial charge < -0.3 is 10.4 Å². The lowest BCUT2D eigenvalue weighted by atomic mass is 10.1. The molecule has 5 nitrogen and oxygen atoms in total. The predicted octanol–water partition coefficient (Wildman–Crippen LogP) is 1.38. The average molecular weight is 253 g/mol. The van der Waals surface area contributed by atoms with Crippen molar-refractivity contribution < 1.29 is 9.90 Å². The Morgan fingerprint density at radius 2 is 2.17 bits per heavy atom. The first-order valence-electron chi connectivity index (χ1n) is 6.46. The first-order chi connectivity index (χ1) is 8.49. The van der Waals surface area contributed by atoms with Crippen LogP contribution in [0.25, 0.3) is 0 Å². The van der Waals surface area contributed by atoms with E-state index in [9.17, 15) is 4.79 Å². The summed E-state index contributed by atoms with van der Waals surface area (Å²) in [5, 5.41) is 16.1. The van der Waals surface area contributed by atoms with Crippen molar-refractivity contribution in [1.82, 2.24) is 15.1 Å². The van der Waals surface area contributed by atoms with Crippen LogP contribution in [0.3, 0.4) is 0 Å². The molecule has 1 aromatic heterocycles. The molecule has 102 valence electrons. The molecule has 0 saturated heterocycles. The molecule has 1 heterocycles. The summed E-state index contributed by atoms with van der Waals surface area (Å²) in [6.07, 6.45) is 0. The molecule has 0 bridgehead atoms. The summed E-state index contributed by atoms with van der Waals surface area (Å²) in [5.74, 6) is 0.244. The van der Waals surface area contributed by atoms with Crippen molar-refractivity contribution in [2.24, 2.45) is 5.92 Å². The molecule has 0 saturated carbocycles. The van der Waals surface area contributed by atoms with Gasteiger partial charge in [-0.15, -0.1) is 0 Å². The lowest BCUT2D eigenvalue weighted by Crippen LogP contribution is -2.31. The van der Waals surface area contributed by atoms with E-state index < -0.39 is 0 Å². The van der Waals surface area contributed by atoms with Crippen molar-refractivity contribution in [1.29, 1.82) is 0 Å². The first-order valence-corrected chi connectivity index (χ1v) is 6.46. The molecule has 1 rings (SSSR count). The van der Waals surface area contributed by atoms with Crippen LogP contribution in [-0.2, 0) is 6.54 Å². The summed E-state index contributed by atoms with van der Waals surface area (Å²) in [6, 6.07) is 1.84. The third-order valence-corrected chi connectivity index (χ3v) is 2.85. The molecule has 2 N–H and O–H groups in total. The van der Waals surface area contributed by atoms with Gasteiger partial charge in [0.15, 0.2) is 0 Å². The standard InChI is InChI=1S/C13H23N3O2/c1-5-16-12(6-11(15-16)9(2)3)13(18)14-7-10(4)8-17/h6,9-10,17H,5,7-8H2,1-4H3,(H,14,18). The van der Waals surface area contributed by atoms with Crippen molar-refractivity contribution in [2.75, 3.05) is 13.2 Å². The number of nitrogens with zero attached hydrogens (tertiary/aromatic N) is 2. The van der Waals surface area contributed by atoms with Crippen LogP contribution >= 0.6 is 0 Å². The summed E-state index contributed by atoms with van der Waals surface area (Å²) in [7, 11) is 0. The van der Waals surface area contributed by atoms with Gasteiger partial charge in [-0.25, -0.2) is 0 Å². The fourth-order valence-electron chi connectivity index (χ4n) is 1.56. The fraction of sp³-hybridized carbons (Fsp3) is 0.692. The summed E-state index contributed by atoms with van der Waals surface area (Å²) in [6.45, 7) is 9.17. The summed E-state index contributed by atoms with van der Waals surface area (Å²) < 4.78 is 1.72. The molecule has 0 aromatic carbocycles. The molecule has 5 heteroatoms. The molecule has 0 aliphatic rings. The van der Waals surface area contributed by atoms with Crippen LogP contribution in [0.2, 0.25) is 0 Å². The minimum atomic E-state index is -0.128. The van der Waals surface area contributed by atoms with Crippen molar-refractivity contribution >= 4 is 5.91 Å². The monoisotopic (exact) mass is 253 g/mol. The molecule has 1 atom stereocenters. The zero-order chi connectivity index (χ0) is 13.7. The van der Waals surface area contributed by atoms with Gasteiger partial charge in [0, 0.05) is 19.7 Å². The van der Waals surface area contributed by atoms with Crippen LogP contribution in [0, 0.1) is 5.92 Å². The van der Waals surface area contributed by atoms with Crippen LogP contribution in [0.5, 0.6) is 0 Å². The van der Waals surface area contributed by atoms with Crippen molar-refractivity contribution in [3.8, 4) is 0 Å². The Hall–Kier alpha value is -1.36. The van der Waals surface area contributed by atoms with Crippen molar-refractivity contribution in [3.63, 3.8) is 0 Å². The van der Waals surface area contributed by atoms with Gasteiger partial charge in [0.25, 0.3) is 5.91 Å². The number of aliphatic hydroxyl groups is 1. The highest BCUT2D eigenvalue weighted by atomic mass is 16.3. The Morgan fingerprint density at radius 3 is 2.67 bits per heavy atom. The van der Waals surface area contributed by atoms with Gasteiger partial charge in [0.05, 0.1) is 5.69 Å². The lowest BCUT2D eigenvalue weighted by molar-refractivity contribution is 0.0931. The molecule has 1 amide bonds. The van der Waals surface area contributed by atoms with Crippen LogP contribution in [0.4, 0.5) is 0 Å². The maximum absolute atomic E-state index is 12.0. The summed E-state index contributed by atoms with van der Waals surface area (Å²) in [5.41, 5.74) is 1.52. The Labute approximate surface area is 108 Å². The number of amides is 1. The van der Waals surface area contributed by atoms with Crippen molar-refractivity contribution in [2.45, 2.75) is 40.2 Å². The van der Waals surface area contributed by atoms with Crippen LogP contribution in [0.1, 0.15) is 49.8 Å². The Bertz CT molecular complexity index is 399. The topological polar surface area (TPSA) is 67.2 Å². The number of hydrogen-bond acceptors (Lipinski definition) is 3. The van der Waals surface area contributed by atoms with E-state index in [0.717, 1.165) is 5.69 Å². The highest BCUT2D eigenvalue weighted by Crippen LogP contribution is 2.14. The molecule has 0 aliphatic carbocycles. The highest BCUT2D eigenvalue weighted by molar-refractivity contribution is 5.92. The number of hydrogen-bond donors (Lipinski definition) is 2. The number of nitrogens with one attached hydrogen (secondary N) is 1. The van der Waals surface area contributed by atoms with E-state index in [4.69, 9.17) is 5.11 Å². The van der Waals surface area contributed by atoms with Gasteiger partial charge in [0.1, 0.15) is 5.69 Å². The molecule has 1 aromatic rings.